The van der Waals surface area contributed by atoms with E-state index in [2.05, 4.69) is 17.1 Å². The van der Waals surface area contributed by atoms with Crippen LogP contribution in [0.5, 0.6) is 0 Å². The number of hydrogen-bond donors (Lipinski definition) is 1. The minimum Gasteiger partial charge on any atom is -0.368 e. The first-order valence-corrected chi connectivity index (χ1v) is 7.44. The molecule has 0 spiro atoms. The summed E-state index contributed by atoms with van der Waals surface area (Å²) in [6.07, 6.45) is 3.75. The lowest BCUT2D eigenvalue weighted by Crippen LogP contribution is -2.23. The first-order valence-electron chi connectivity index (χ1n) is 7.44. The second-order valence-corrected chi connectivity index (χ2v) is 4.94. The molecule has 1 unspecified atom stereocenters. The third-order valence-corrected chi connectivity index (χ3v) is 3.15. The molecule has 4 heteroatoms. The fourth-order valence-electron chi connectivity index (χ4n) is 2.03. The average Bonchev–Trinajstić information content (AvgIpc) is 2.61. The highest BCUT2D eigenvalue weighted by Crippen LogP contribution is 2.05. The van der Waals surface area contributed by atoms with E-state index >= 15 is 0 Å². The van der Waals surface area contributed by atoms with Crippen LogP contribution in [0.1, 0.15) is 15.9 Å². The molecule has 0 bridgehead atoms. The van der Waals surface area contributed by atoms with E-state index in [1.165, 1.54) is 0 Å². The summed E-state index contributed by atoms with van der Waals surface area (Å²) >= 11 is 0. The number of carbonyl (C=O) groups is 1. The van der Waals surface area contributed by atoms with E-state index in [-0.39, 0.29) is 12.0 Å². The van der Waals surface area contributed by atoms with Gasteiger partial charge in [0.1, 0.15) is 0 Å². The quantitative estimate of drug-likeness (QED) is 0.462. The third-order valence-electron chi connectivity index (χ3n) is 3.15. The molecular formula is C19H20N2O2. The molecule has 1 atom stereocenters. The molecule has 0 aliphatic carbocycles. The highest BCUT2D eigenvalue weighted by atomic mass is 16.5. The van der Waals surface area contributed by atoms with Crippen LogP contribution in [0.2, 0.25) is 0 Å². The fraction of sp³-hybridized carbons (Fsp3) is 0.158. The summed E-state index contributed by atoms with van der Waals surface area (Å²) in [6.45, 7) is 4.08. The van der Waals surface area contributed by atoms with Crippen molar-refractivity contribution < 1.29 is 9.53 Å². The number of amides is 1. The van der Waals surface area contributed by atoms with Crippen molar-refractivity contribution in [1.29, 1.82) is 0 Å². The summed E-state index contributed by atoms with van der Waals surface area (Å²) in [6, 6.07) is 18.9. The lowest BCUT2D eigenvalue weighted by Gasteiger charge is -2.12. The predicted octanol–water partition coefficient (Wildman–Crippen LogP) is 3.22. The summed E-state index contributed by atoms with van der Waals surface area (Å²) in [5.41, 5.74) is 4.22. The Morgan fingerprint density at radius 1 is 1.13 bits per heavy atom. The second-order valence-electron chi connectivity index (χ2n) is 4.94. The molecular weight excluding hydrogens is 288 g/mol. The van der Waals surface area contributed by atoms with Gasteiger partial charge in [0.05, 0.1) is 18.9 Å². The van der Waals surface area contributed by atoms with Gasteiger partial charge in [-0.25, -0.2) is 5.43 Å². The molecule has 118 valence electrons. The highest BCUT2D eigenvalue weighted by molar-refractivity contribution is 5.94. The van der Waals surface area contributed by atoms with Crippen LogP contribution < -0.4 is 5.43 Å². The van der Waals surface area contributed by atoms with E-state index in [1.54, 1.807) is 24.4 Å². The van der Waals surface area contributed by atoms with Crippen LogP contribution >= 0.6 is 0 Å². The number of carbonyl (C=O) groups excluding carboxylic acids is 1. The largest absolute Gasteiger partial charge is 0.368 e. The van der Waals surface area contributed by atoms with Crippen molar-refractivity contribution in [2.24, 2.45) is 5.10 Å². The van der Waals surface area contributed by atoms with Crippen molar-refractivity contribution in [1.82, 2.24) is 5.43 Å². The molecule has 2 rings (SSSR count). The Morgan fingerprint density at radius 3 is 2.43 bits per heavy atom. The van der Waals surface area contributed by atoms with E-state index < -0.39 is 0 Å². The van der Waals surface area contributed by atoms with Gasteiger partial charge in [0, 0.05) is 12.0 Å². The van der Waals surface area contributed by atoms with Crippen LogP contribution in [-0.4, -0.2) is 24.8 Å². The van der Waals surface area contributed by atoms with Gasteiger partial charge in [0.2, 0.25) is 0 Å². The highest BCUT2D eigenvalue weighted by Gasteiger charge is 2.08. The molecule has 0 heterocycles. The minimum atomic E-state index is -0.246. The Kier molecular flexibility index (Phi) is 6.75. The average molecular weight is 308 g/mol. The standard InChI is InChI=1S/C19H20N2O2/c1-2-13-23-18(14-16-9-5-3-6-10-16)15-20-21-19(22)17-11-7-4-8-12-17/h2-12,15,18H,1,13-14H2,(H,21,22)/b20-15+. The molecule has 23 heavy (non-hydrogen) atoms. The van der Waals surface area contributed by atoms with Gasteiger partial charge in [0.25, 0.3) is 5.91 Å². The fourth-order valence-corrected chi connectivity index (χ4v) is 2.03. The number of nitrogens with one attached hydrogen (secondary N) is 1. The Bertz CT molecular complexity index is 639. The van der Waals surface area contributed by atoms with Crippen molar-refractivity contribution in [3.8, 4) is 0 Å². The number of hydrazone groups is 1. The van der Waals surface area contributed by atoms with Gasteiger partial charge in [0.15, 0.2) is 0 Å². The van der Waals surface area contributed by atoms with Gasteiger partial charge in [-0.2, -0.15) is 5.10 Å². The van der Waals surface area contributed by atoms with E-state index in [1.807, 2.05) is 48.5 Å². The van der Waals surface area contributed by atoms with Crippen LogP contribution in [-0.2, 0) is 11.2 Å². The van der Waals surface area contributed by atoms with Gasteiger partial charge in [-0.15, -0.1) is 6.58 Å². The smallest absolute Gasteiger partial charge is 0.271 e. The van der Waals surface area contributed by atoms with Crippen LogP contribution in [0.3, 0.4) is 0 Å². The monoisotopic (exact) mass is 308 g/mol. The van der Waals surface area contributed by atoms with Gasteiger partial charge < -0.3 is 4.74 Å². The number of hydrogen-bond acceptors (Lipinski definition) is 3. The molecule has 1 amide bonds. The normalized spacial score (nSPS) is 12.0. The minimum absolute atomic E-state index is 0.230. The summed E-state index contributed by atoms with van der Waals surface area (Å²) in [4.78, 5) is 11.9. The van der Waals surface area contributed by atoms with Crippen LogP contribution in [0.25, 0.3) is 0 Å². The topological polar surface area (TPSA) is 50.7 Å². The van der Waals surface area contributed by atoms with Crippen LogP contribution in [0, 0.1) is 0 Å². The van der Waals surface area contributed by atoms with Crippen molar-refractivity contribution in [3.05, 3.63) is 84.4 Å². The number of ether oxygens (including phenoxy) is 1. The SMILES string of the molecule is C=CCOC(/C=N/NC(=O)c1ccccc1)Cc1ccccc1. The molecule has 0 saturated heterocycles. The lowest BCUT2D eigenvalue weighted by molar-refractivity contribution is 0.0953. The molecule has 2 aromatic carbocycles. The molecule has 1 N–H and O–H groups in total. The molecule has 0 saturated carbocycles. The van der Waals surface area contributed by atoms with Gasteiger partial charge >= 0.3 is 0 Å². The lowest BCUT2D eigenvalue weighted by atomic mass is 10.1. The predicted molar refractivity (Wildman–Crippen MR) is 92.5 cm³/mol. The Morgan fingerprint density at radius 2 is 1.78 bits per heavy atom. The maximum atomic E-state index is 11.9. The molecule has 0 aliphatic rings. The number of nitrogens with zero attached hydrogens (tertiary/aromatic N) is 1. The summed E-state index contributed by atoms with van der Waals surface area (Å²) < 4.78 is 5.66. The second kappa shape index (κ2) is 9.33. The van der Waals surface area contributed by atoms with Gasteiger partial charge in [-0.05, 0) is 17.7 Å². The molecule has 0 radical (unpaired) electrons. The van der Waals surface area contributed by atoms with E-state index in [4.69, 9.17) is 4.74 Å². The Balaban J connectivity index is 1.94. The first-order chi connectivity index (χ1) is 11.3. The van der Waals surface area contributed by atoms with Crippen LogP contribution in [0.15, 0.2) is 78.4 Å². The number of benzene rings is 2. The Labute approximate surface area is 136 Å². The molecule has 0 fully saturated rings. The zero-order valence-electron chi connectivity index (χ0n) is 12.9. The summed E-state index contributed by atoms with van der Waals surface area (Å²) in [7, 11) is 0. The number of rotatable bonds is 8. The van der Waals surface area contributed by atoms with Gasteiger partial charge in [-0.1, -0.05) is 54.6 Å². The zero-order chi connectivity index (χ0) is 16.3. The van der Waals surface area contributed by atoms with E-state index in [0.29, 0.717) is 18.6 Å². The van der Waals surface area contributed by atoms with Gasteiger partial charge in [-0.3, -0.25) is 4.79 Å². The maximum absolute atomic E-state index is 11.9. The molecule has 0 aromatic heterocycles. The van der Waals surface area contributed by atoms with E-state index in [9.17, 15) is 4.79 Å². The van der Waals surface area contributed by atoms with Crippen molar-refractivity contribution >= 4 is 12.1 Å². The van der Waals surface area contributed by atoms with Crippen molar-refractivity contribution in [2.75, 3.05) is 6.61 Å². The van der Waals surface area contributed by atoms with Crippen molar-refractivity contribution in [3.63, 3.8) is 0 Å². The summed E-state index contributed by atoms with van der Waals surface area (Å²) in [5, 5.41) is 4.01. The maximum Gasteiger partial charge on any atom is 0.271 e. The molecule has 4 nitrogen and oxygen atoms in total. The molecule has 2 aromatic rings. The van der Waals surface area contributed by atoms with Crippen molar-refractivity contribution in [2.45, 2.75) is 12.5 Å². The van der Waals surface area contributed by atoms with Crippen LogP contribution in [0.4, 0.5) is 0 Å². The third kappa shape index (κ3) is 5.88. The zero-order valence-corrected chi connectivity index (χ0v) is 12.9. The van der Waals surface area contributed by atoms with E-state index in [0.717, 1.165) is 5.56 Å². The summed E-state index contributed by atoms with van der Waals surface area (Å²) in [5.74, 6) is -0.246. The Hall–Kier alpha value is -2.72. The first kappa shape index (κ1) is 16.6. The molecule has 0 aliphatic heterocycles.